The number of nitrogens with zero attached hydrogens (tertiary/aromatic N) is 2. The number of aryl methyl sites for hydroxylation is 2. The Bertz CT molecular complexity index is 1040. The molecule has 0 fully saturated rings. The molecule has 2 aromatic carbocycles. The number of hydrogen-bond acceptors (Lipinski definition) is 0. The van der Waals surface area contributed by atoms with Crippen molar-refractivity contribution in [2.45, 2.75) is 144 Å². The Labute approximate surface area is 277 Å². The summed E-state index contributed by atoms with van der Waals surface area (Å²) in [6, 6.07) is 17.6. The molecule has 2 nitrogen and oxygen atoms in total. The van der Waals surface area contributed by atoms with E-state index in [1.165, 1.54) is 85.6 Å². The minimum Gasteiger partial charge on any atom is -0.493 e. The number of unbranched alkanes of at least 4 members (excludes halogenated alkanes) is 9. The second kappa shape index (κ2) is 26.4. The molecular weight excluding hydrogens is 567 g/mol. The van der Waals surface area contributed by atoms with Gasteiger partial charge in [0.05, 0.1) is 0 Å². The summed E-state index contributed by atoms with van der Waals surface area (Å²) < 4.78 is 1.44. The predicted octanol–water partition coefficient (Wildman–Crippen LogP) is 13.2. The normalized spacial score (nSPS) is 12.2. The van der Waals surface area contributed by atoms with Gasteiger partial charge in [0.15, 0.2) is 0 Å². The minimum absolute atomic E-state index is 0. The van der Waals surface area contributed by atoms with Crippen molar-refractivity contribution in [3.8, 4) is 0 Å². The summed E-state index contributed by atoms with van der Waals surface area (Å²) in [7, 11) is 0. The van der Waals surface area contributed by atoms with Crippen LogP contribution in [0.25, 0.3) is 16.9 Å². The molecule has 43 heavy (non-hydrogen) atoms. The summed E-state index contributed by atoms with van der Waals surface area (Å²) in [4.78, 5) is 0. The van der Waals surface area contributed by atoms with Gasteiger partial charge in [0, 0.05) is 22.8 Å². The number of allylic oxidation sites excluding steroid dienone is 2. The van der Waals surface area contributed by atoms with Crippen LogP contribution in [0.2, 0.25) is 0 Å². The third-order valence-corrected chi connectivity index (χ3v) is 7.65. The minimum atomic E-state index is 0. The summed E-state index contributed by atoms with van der Waals surface area (Å²) in [6.45, 7) is 18.2. The molecule has 0 bridgehead atoms. The van der Waals surface area contributed by atoms with E-state index >= 15 is 0 Å². The topological polar surface area (TPSA) is 25.3 Å². The first-order chi connectivity index (χ1) is 20.5. The van der Waals surface area contributed by atoms with E-state index in [2.05, 4.69) is 103 Å². The molecule has 0 spiro atoms. The average Bonchev–Trinajstić information content (AvgIpc) is 3.36. The van der Waals surface area contributed by atoms with Crippen molar-refractivity contribution < 1.29 is 21.2 Å². The summed E-state index contributed by atoms with van der Waals surface area (Å²) in [5, 5.41) is 0. The maximum Gasteiger partial charge on any atom is 2.00 e. The molecule has 3 rings (SSSR count). The van der Waals surface area contributed by atoms with Crippen LogP contribution in [0.5, 0.6) is 0 Å². The second-order valence-electron chi connectivity index (χ2n) is 11.5. The van der Waals surface area contributed by atoms with Gasteiger partial charge in [-0.3, -0.25) is 0 Å². The molecule has 0 saturated carbocycles. The van der Waals surface area contributed by atoms with E-state index in [1.807, 2.05) is 0 Å². The standard InChI is InChI=1S/C32H44N2.2C4H9.Ni/c1-4-7-10-11-12-13-16-26-20-22-28(23-21-26)31-25-30(18-9-6-3)32(34(31)33)29-19-14-17-27(24-29)15-8-5-2;2*1-3-4-2;/h14,17,19-25H,4-13,15-16,18H2,1-3H3;2*1,3-4H2,2H3;/q;2*-1;+2. The molecular formula is C40H62N2Ni. The van der Waals surface area contributed by atoms with Crippen LogP contribution in [-0.2, 0) is 29.3 Å². The quantitative estimate of drug-likeness (QED) is 0.0720. The third-order valence-electron chi connectivity index (χ3n) is 7.65. The van der Waals surface area contributed by atoms with E-state index in [1.54, 1.807) is 0 Å². The van der Waals surface area contributed by atoms with Crippen LogP contribution in [-0.4, -0.2) is 4.70 Å². The maximum absolute atomic E-state index is 11.3. The van der Waals surface area contributed by atoms with Crippen molar-refractivity contribution in [2.24, 2.45) is 0 Å². The van der Waals surface area contributed by atoms with E-state index in [0.29, 0.717) is 0 Å². The Morgan fingerprint density at radius 3 is 1.70 bits per heavy atom. The van der Waals surface area contributed by atoms with Crippen molar-refractivity contribution in [3.05, 3.63) is 102 Å². The Kier molecular flexibility index (Phi) is 25.2. The van der Waals surface area contributed by atoms with E-state index in [0.717, 1.165) is 67.5 Å². The van der Waals surface area contributed by atoms with Crippen molar-refractivity contribution in [3.63, 3.8) is 0 Å². The van der Waals surface area contributed by atoms with Crippen LogP contribution < -0.4 is 0 Å². The fraction of sp³-hybridized carbons (Fsp3) is 0.550. The van der Waals surface area contributed by atoms with E-state index < -0.39 is 0 Å². The van der Waals surface area contributed by atoms with E-state index in [-0.39, 0.29) is 16.5 Å². The van der Waals surface area contributed by atoms with E-state index in [4.69, 9.17) is 0 Å². The molecule has 1 heterocycles. The van der Waals surface area contributed by atoms with Gasteiger partial charge in [0.25, 0.3) is 0 Å². The largest absolute Gasteiger partial charge is 2.00 e. The number of benzene rings is 2. The molecule has 3 heteroatoms. The van der Waals surface area contributed by atoms with Crippen LogP contribution in [0, 0.1) is 13.8 Å². The Morgan fingerprint density at radius 1 is 0.581 bits per heavy atom. The summed E-state index contributed by atoms with van der Waals surface area (Å²) in [5.41, 5.74) is 19.3. The first kappa shape index (κ1) is 41.0. The third kappa shape index (κ3) is 16.1. The monoisotopic (exact) mass is 628 g/mol. The Hall–Kier alpha value is -1.99. The molecule has 0 saturated heterocycles. The van der Waals surface area contributed by atoms with E-state index in [9.17, 15) is 5.53 Å². The summed E-state index contributed by atoms with van der Waals surface area (Å²) >= 11 is 0. The molecule has 1 aliphatic heterocycles. The van der Waals surface area contributed by atoms with Crippen molar-refractivity contribution in [2.75, 3.05) is 0 Å². The Morgan fingerprint density at radius 2 is 1.12 bits per heavy atom. The molecule has 0 aromatic heterocycles. The molecule has 0 aliphatic carbocycles. The zero-order chi connectivity index (χ0) is 31.0. The van der Waals surface area contributed by atoms with Crippen LogP contribution in [0.3, 0.4) is 0 Å². The van der Waals surface area contributed by atoms with Gasteiger partial charge in [-0.15, -0.1) is 0 Å². The zero-order valence-electron chi connectivity index (χ0n) is 28.3. The second-order valence-corrected chi connectivity index (χ2v) is 11.5. The van der Waals surface area contributed by atoms with Crippen LogP contribution >= 0.6 is 0 Å². The van der Waals surface area contributed by atoms with Gasteiger partial charge < -0.3 is 19.4 Å². The van der Waals surface area contributed by atoms with Crippen LogP contribution in [0.15, 0.2) is 60.2 Å². The first-order valence-electron chi connectivity index (χ1n) is 17.2. The van der Waals surface area contributed by atoms with Gasteiger partial charge in [-0.2, -0.15) is 12.8 Å². The fourth-order valence-corrected chi connectivity index (χ4v) is 4.83. The van der Waals surface area contributed by atoms with Gasteiger partial charge in [-0.1, -0.05) is 117 Å². The first-order valence-corrected chi connectivity index (χ1v) is 17.2. The van der Waals surface area contributed by atoms with Gasteiger partial charge in [-0.05, 0) is 73.9 Å². The Balaban J connectivity index is 0.00000174. The predicted molar refractivity (Wildman–Crippen MR) is 187 cm³/mol. The van der Waals surface area contributed by atoms with Gasteiger partial charge in [0.2, 0.25) is 11.4 Å². The van der Waals surface area contributed by atoms with Crippen LogP contribution in [0.1, 0.15) is 153 Å². The maximum atomic E-state index is 11.3. The fourth-order valence-electron chi connectivity index (χ4n) is 4.83. The number of hydrogen-bond donors (Lipinski definition) is 0. The summed E-state index contributed by atoms with van der Waals surface area (Å²) in [5.74, 6) is 0. The number of rotatable bonds is 17. The molecule has 1 aliphatic rings. The van der Waals surface area contributed by atoms with Gasteiger partial charge >= 0.3 is 16.5 Å². The van der Waals surface area contributed by atoms with Crippen molar-refractivity contribution >= 4 is 11.4 Å². The molecule has 0 unspecified atom stereocenters. The van der Waals surface area contributed by atoms with Gasteiger partial charge in [-0.25, -0.2) is 4.70 Å². The van der Waals surface area contributed by atoms with Crippen LogP contribution in [0.4, 0.5) is 0 Å². The van der Waals surface area contributed by atoms with Crippen molar-refractivity contribution in [1.29, 1.82) is 0 Å². The molecule has 0 N–H and O–H groups in total. The van der Waals surface area contributed by atoms with Gasteiger partial charge in [0.1, 0.15) is 0 Å². The molecule has 0 amide bonds. The molecule has 0 radical (unpaired) electrons. The zero-order valence-corrected chi connectivity index (χ0v) is 29.3. The average molecular weight is 630 g/mol. The molecule has 242 valence electrons. The smallest absolute Gasteiger partial charge is 0.493 e. The molecule has 2 aromatic rings. The summed E-state index contributed by atoms with van der Waals surface area (Å²) in [6.07, 6.45) is 22.6. The molecule has 0 atom stereocenters. The van der Waals surface area contributed by atoms with Crippen molar-refractivity contribution in [1.82, 2.24) is 0 Å². The SMILES string of the molecule is CCCCCCCCc1ccc(C2=CC(CCCC)=C(c3cccc(CCCC)c3)[N+]2=[N-])cc1.[CH2-]CCC.[CH2-]CCC.[Ni+2].